The SMILES string of the molecule is COc1ccc([C@H]2Oc3c(OC)cccc3[C@@H]3CC(c4ccccc4)=NN23)cc1OC. The molecule has 0 fully saturated rings. The van der Waals surface area contributed by atoms with E-state index in [2.05, 4.69) is 18.2 Å². The van der Waals surface area contributed by atoms with E-state index < -0.39 is 6.23 Å². The van der Waals surface area contributed by atoms with Crippen molar-refractivity contribution in [2.75, 3.05) is 21.3 Å². The van der Waals surface area contributed by atoms with Crippen molar-refractivity contribution in [3.63, 3.8) is 0 Å². The maximum absolute atomic E-state index is 6.51. The van der Waals surface area contributed by atoms with Crippen LogP contribution in [0, 0.1) is 0 Å². The minimum Gasteiger partial charge on any atom is -0.493 e. The zero-order chi connectivity index (χ0) is 21.4. The van der Waals surface area contributed by atoms with Gasteiger partial charge in [0, 0.05) is 17.5 Å². The number of fused-ring (bicyclic) bond motifs is 3. The van der Waals surface area contributed by atoms with Gasteiger partial charge in [-0.25, -0.2) is 5.01 Å². The van der Waals surface area contributed by atoms with Crippen molar-refractivity contribution in [2.24, 2.45) is 5.10 Å². The summed E-state index contributed by atoms with van der Waals surface area (Å²) in [5, 5.41) is 7.05. The van der Waals surface area contributed by atoms with Gasteiger partial charge in [0.1, 0.15) is 0 Å². The summed E-state index contributed by atoms with van der Waals surface area (Å²) in [6.45, 7) is 0. The minimum atomic E-state index is -0.421. The maximum atomic E-state index is 6.51. The molecule has 0 aliphatic carbocycles. The molecular weight excluding hydrogens is 392 g/mol. The largest absolute Gasteiger partial charge is 0.493 e. The van der Waals surface area contributed by atoms with Crippen LogP contribution in [-0.4, -0.2) is 32.0 Å². The second kappa shape index (κ2) is 7.87. The second-order valence-corrected chi connectivity index (χ2v) is 7.48. The van der Waals surface area contributed by atoms with Crippen LogP contribution in [0.1, 0.15) is 35.4 Å². The highest BCUT2D eigenvalue weighted by Crippen LogP contribution is 2.51. The lowest BCUT2D eigenvalue weighted by molar-refractivity contribution is -0.0210. The summed E-state index contributed by atoms with van der Waals surface area (Å²) in [4.78, 5) is 0. The number of methoxy groups -OCH3 is 3. The van der Waals surface area contributed by atoms with Crippen molar-refractivity contribution < 1.29 is 18.9 Å². The molecule has 2 aliphatic heterocycles. The molecule has 0 unspecified atom stereocenters. The molecule has 0 saturated heterocycles. The summed E-state index contributed by atoms with van der Waals surface area (Å²) in [7, 11) is 4.92. The highest BCUT2D eigenvalue weighted by molar-refractivity contribution is 6.01. The molecule has 0 aromatic heterocycles. The topological polar surface area (TPSA) is 52.5 Å². The van der Waals surface area contributed by atoms with Crippen LogP contribution < -0.4 is 18.9 Å². The smallest absolute Gasteiger partial charge is 0.214 e. The number of hydrogen-bond acceptors (Lipinski definition) is 6. The number of rotatable bonds is 5. The van der Waals surface area contributed by atoms with Gasteiger partial charge in [-0.1, -0.05) is 42.5 Å². The molecule has 0 spiro atoms. The molecule has 2 aliphatic rings. The molecule has 6 nitrogen and oxygen atoms in total. The highest BCUT2D eigenvalue weighted by atomic mass is 16.5. The van der Waals surface area contributed by atoms with E-state index in [4.69, 9.17) is 24.0 Å². The fourth-order valence-electron chi connectivity index (χ4n) is 4.28. The number of para-hydroxylation sites is 1. The first-order valence-corrected chi connectivity index (χ1v) is 10.2. The van der Waals surface area contributed by atoms with Crippen LogP contribution in [0.5, 0.6) is 23.0 Å². The van der Waals surface area contributed by atoms with Gasteiger partial charge >= 0.3 is 0 Å². The molecule has 6 heteroatoms. The Kier molecular flexibility index (Phi) is 4.90. The molecule has 0 N–H and O–H groups in total. The quantitative estimate of drug-likeness (QED) is 0.589. The fourth-order valence-corrected chi connectivity index (χ4v) is 4.28. The third-order valence-corrected chi connectivity index (χ3v) is 5.80. The normalized spacial score (nSPS) is 19.1. The van der Waals surface area contributed by atoms with Crippen molar-refractivity contribution >= 4 is 5.71 Å². The standard InChI is InChI=1S/C25H24N2O4/c1-28-21-13-12-17(14-23(21)30-3)25-27-20(15-19(26-27)16-8-5-4-6-9-16)18-10-7-11-22(29-2)24(18)31-25/h4-14,20,25H,15H2,1-3H3/t20-,25+/m0/s1. The predicted molar refractivity (Wildman–Crippen MR) is 118 cm³/mol. The zero-order valence-corrected chi connectivity index (χ0v) is 17.7. The third kappa shape index (κ3) is 3.24. The van der Waals surface area contributed by atoms with Gasteiger partial charge in [0.15, 0.2) is 23.0 Å². The van der Waals surface area contributed by atoms with Crippen molar-refractivity contribution in [1.82, 2.24) is 5.01 Å². The molecule has 158 valence electrons. The Morgan fingerprint density at radius 3 is 2.35 bits per heavy atom. The predicted octanol–water partition coefficient (Wildman–Crippen LogP) is 4.95. The molecule has 0 amide bonds. The molecule has 2 heterocycles. The van der Waals surface area contributed by atoms with E-state index in [0.29, 0.717) is 11.5 Å². The molecule has 2 atom stereocenters. The van der Waals surface area contributed by atoms with Crippen LogP contribution in [0.25, 0.3) is 0 Å². The first kappa shape index (κ1) is 19.3. The summed E-state index contributed by atoms with van der Waals surface area (Å²) in [5.41, 5.74) is 4.16. The maximum Gasteiger partial charge on any atom is 0.214 e. The van der Waals surface area contributed by atoms with E-state index >= 15 is 0 Å². The summed E-state index contributed by atoms with van der Waals surface area (Å²) >= 11 is 0. The molecule has 3 aromatic rings. The lowest BCUT2D eigenvalue weighted by atomic mass is 9.95. The van der Waals surface area contributed by atoms with Crippen molar-refractivity contribution in [1.29, 1.82) is 0 Å². The Morgan fingerprint density at radius 2 is 1.61 bits per heavy atom. The Morgan fingerprint density at radius 1 is 0.839 bits per heavy atom. The monoisotopic (exact) mass is 416 g/mol. The van der Waals surface area contributed by atoms with Crippen LogP contribution in [0.2, 0.25) is 0 Å². The van der Waals surface area contributed by atoms with E-state index in [9.17, 15) is 0 Å². The number of benzene rings is 3. The summed E-state index contributed by atoms with van der Waals surface area (Å²) in [6, 6.07) is 22.1. The Balaban J connectivity index is 1.62. The van der Waals surface area contributed by atoms with Gasteiger partial charge in [-0.2, -0.15) is 5.10 Å². The number of nitrogens with zero attached hydrogens (tertiary/aromatic N) is 2. The van der Waals surface area contributed by atoms with Gasteiger partial charge in [0.05, 0.1) is 33.1 Å². The highest BCUT2D eigenvalue weighted by Gasteiger charge is 2.42. The molecule has 0 saturated carbocycles. The third-order valence-electron chi connectivity index (χ3n) is 5.80. The Bertz CT molecular complexity index is 1130. The first-order valence-electron chi connectivity index (χ1n) is 10.2. The van der Waals surface area contributed by atoms with Crippen molar-refractivity contribution in [3.05, 3.63) is 83.4 Å². The Hall–Kier alpha value is -3.67. The number of hydrazone groups is 1. The summed E-state index contributed by atoms with van der Waals surface area (Å²) in [5.74, 6) is 2.80. The van der Waals surface area contributed by atoms with E-state index in [1.807, 2.05) is 53.5 Å². The minimum absolute atomic E-state index is 0.0483. The lowest BCUT2D eigenvalue weighted by Crippen LogP contribution is -2.33. The lowest BCUT2D eigenvalue weighted by Gasteiger charge is -2.38. The van der Waals surface area contributed by atoms with Crippen LogP contribution in [0.3, 0.4) is 0 Å². The summed E-state index contributed by atoms with van der Waals surface area (Å²) in [6.07, 6.45) is 0.368. The van der Waals surface area contributed by atoms with E-state index in [-0.39, 0.29) is 6.04 Å². The molecule has 3 aromatic carbocycles. The zero-order valence-electron chi connectivity index (χ0n) is 17.7. The molecule has 0 radical (unpaired) electrons. The second-order valence-electron chi connectivity index (χ2n) is 7.48. The van der Waals surface area contributed by atoms with E-state index in [1.165, 1.54) is 0 Å². The number of hydrogen-bond donors (Lipinski definition) is 0. The van der Waals surface area contributed by atoms with Gasteiger partial charge in [-0.15, -0.1) is 0 Å². The number of ether oxygens (including phenoxy) is 4. The fraction of sp³-hybridized carbons (Fsp3) is 0.240. The van der Waals surface area contributed by atoms with Gasteiger partial charge < -0.3 is 18.9 Å². The molecule has 31 heavy (non-hydrogen) atoms. The first-order chi connectivity index (χ1) is 15.2. The van der Waals surface area contributed by atoms with Crippen molar-refractivity contribution in [3.8, 4) is 23.0 Å². The average molecular weight is 416 g/mol. The van der Waals surface area contributed by atoms with Crippen molar-refractivity contribution in [2.45, 2.75) is 18.7 Å². The van der Waals surface area contributed by atoms with E-state index in [0.717, 1.165) is 40.3 Å². The van der Waals surface area contributed by atoms with Crippen LogP contribution in [-0.2, 0) is 0 Å². The van der Waals surface area contributed by atoms with Crippen LogP contribution in [0.15, 0.2) is 71.8 Å². The van der Waals surface area contributed by atoms with E-state index in [1.54, 1.807) is 21.3 Å². The molecule has 0 bridgehead atoms. The average Bonchev–Trinajstić information content (AvgIpc) is 3.29. The molecular formula is C25H24N2O4. The van der Waals surface area contributed by atoms with Crippen LogP contribution in [0.4, 0.5) is 0 Å². The van der Waals surface area contributed by atoms with Gasteiger partial charge in [-0.05, 0) is 29.8 Å². The van der Waals surface area contributed by atoms with Gasteiger partial charge in [0.2, 0.25) is 6.23 Å². The molecule has 5 rings (SSSR count). The Labute approximate surface area is 181 Å². The van der Waals surface area contributed by atoms with Gasteiger partial charge in [0.25, 0.3) is 0 Å². The van der Waals surface area contributed by atoms with Gasteiger partial charge in [-0.3, -0.25) is 0 Å². The summed E-state index contributed by atoms with van der Waals surface area (Å²) < 4.78 is 23.1. The van der Waals surface area contributed by atoms with Crippen LogP contribution >= 0.6 is 0 Å².